The smallest absolute Gasteiger partial charge is 0.387 e. The second-order valence-corrected chi connectivity index (χ2v) is 6.32. The number of rotatable bonds is 4. The predicted octanol–water partition coefficient (Wildman–Crippen LogP) is 4.07. The maximum atomic E-state index is 12.8. The van der Waals surface area contributed by atoms with Gasteiger partial charge in [-0.15, -0.1) is 0 Å². The Hall–Kier alpha value is -2.70. The lowest BCUT2D eigenvalue weighted by Crippen LogP contribution is -2.48. The molecule has 1 aromatic carbocycles. The Balaban J connectivity index is 0.00000126. The summed E-state index contributed by atoms with van der Waals surface area (Å²) in [6.07, 6.45) is 0. The molecule has 5 nitrogen and oxygen atoms in total. The summed E-state index contributed by atoms with van der Waals surface area (Å²) in [6, 6.07) is 7.32. The summed E-state index contributed by atoms with van der Waals surface area (Å²) < 4.78 is 29.4. The highest BCUT2D eigenvalue weighted by atomic mass is 19.3. The number of hydrogen-bond donors (Lipinski definition) is 1. The number of nitrogens with zero attached hydrogens (tertiary/aromatic N) is 1. The molecule has 3 rings (SSSR count). The summed E-state index contributed by atoms with van der Waals surface area (Å²) in [4.78, 5) is 28.8. The minimum Gasteiger partial charge on any atom is -0.435 e. The van der Waals surface area contributed by atoms with E-state index in [1.807, 2.05) is 20.8 Å². The first-order valence-electron chi connectivity index (χ1n) is 8.93. The number of pyridine rings is 1. The van der Waals surface area contributed by atoms with Crippen molar-refractivity contribution in [2.24, 2.45) is 5.92 Å². The number of H-pyrrole nitrogens is 1. The van der Waals surface area contributed by atoms with Crippen molar-refractivity contribution in [1.82, 2.24) is 9.88 Å². The van der Waals surface area contributed by atoms with E-state index >= 15 is 0 Å². The van der Waals surface area contributed by atoms with Crippen LogP contribution in [0.3, 0.4) is 0 Å². The van der Waals surface area contributed by atoms with Crippen LogP contribution >= 0.6 is 0 Å². The molecule has 146 valence electrons. The minimum atomic E-state index is -2.97. The lowest BCUT2D eigenvalue weighted by molar-refractivity contribution is -0.0499. The number of carbonyl (C=O) groups is 1. The molecule has 1 aliphatic heterocycles. The summed E-state index contributed by atoms with van der Waals surface area (Å²) >= 11 is 0. The monoisotopic (exact) mass is 378 g/mol. The fourth-order valence-electron chi connectivity index (χ4n) is 3.00. The average molecular weight is 378 g/mol. The molecule has 1 fully saturated rings. The van der Waals surface area contributed by atoms with Crippen molar-refractivity contribution < 1.29 is 18.3 Å². The van der Waals surface area contributed by atoms with Gasteiger partial charge in [-0.05, 0) is 48.2 Å². The van der Waals surface area contributed by atoms with E-state index in [1.54, 1.807) is 17.9 Å². The molecule has 1 N–H and O–H groups in total. The van der Waals surface area contributed by atoms with Gasteiger partial charge in [0.2, 0.25) is 5.56 Å². The Bertz CT molecular complexity index is 859. The number of hydrogen-bond acceptors (Lipinski definition) is 3. The molecule has 27 heavy (non-hydrogen) atoms. The number of halogens is 2. The molecule has 0 radical (unpaired) electrons. The van der Waals surface area contributed by atoms with Gasteiger partial charge in [0.05, 0.1) is 5.56 Å². The normalized spacial score (nSPS) is 13.7. The van der Waals surface area contributed by atoms with Gasteiger partial charge < -0.3 is 14.6 Å². The van der Waals surface area contributed by atoms with Gasteiger partial charge in [0.15, 0.2) is 0 Å². The van der Waals surface area contributed by atoms with Crippen molar-refractivity contribution in [3.63, 3.8) is 0 Å². The third-order valence-corrected chi connectivity index (χ3v) is 4.09. The van der Waals surface area contributed by atoms with Gasteiger partial charge in [-0.25, -0.2) is 0 Å². The second-order valence-electron chi connectivity index (χ2n) is 6.32. The van der Waals surface area contributed by atoms with Crippen LogP contribution in [0.5, 0.6) is 5.75 Å². The first-order valence-corrected chi connectivity index (χ1v) is 8.93. The molecular weight excluding hydrogens is 354 g/mol. The van der Waals surface area contributed by atoms with Crippen LogP contribution in [-0.2, 0) is 0 Å². The highest BCUT2D eigenvalue weighted by Gasteiger charge is 2.29. The molecule has 1 aliphatic rings. The van der Waals surface area contributed by atoms with E-state index in [1.165, 1.54) is 24.3 Å². The highest BCUT2D eigenvalue weighted by Crippen LogP contribution is 2.30. The van der Waals surface area contributed by atoms with E-state index in [4.69, 9.17) is 0 Å². The number of aromatic amines is 1. The number of amides is 1. The summed E-state index contributed by atoms with van der Waals surface area (Å²) in [5.74, 6) is 0.0673. The standard InChI is InChI=1S/C18H18F2N2O3.C2H6/c1-10-8-22(9-10)17(24)15-7-13(25-18(19)20)3-4-14(15)12-5-11(2)21-16(23)6-12;1-2/h3-7,10,18H,8-9H2,1-2H3,(H,21,23);1-2H3. The van der Waals surface area contributed by atoms with Crippen molar-refractivity contribution in [1.29, 1.82) is 0 Å². The number of alkyl halides is 2. The van der Waals surface area contributed by atoms with Gasteiger partial charge >= 0.3 is 6.61 Å². The van der Waals surface area contributed by atoms with Crippen LogP contribution in [0.25, 0.3) is 11.1 Å². The summed E-state index contributed by atoms with van der Waals surface area (Å²) in [5.41, 5.74) is 1.67. The molecule has 0 spiro atoms. The molecule has 1 amide bonds. The summed E-state index contributed by atoms with van der Waals surface area (Å²) in [7, 11) is 0. The van der Waals surface area contributed by atoms with Crippen LogP contribution in [0.4, 0.5) is 8.78 Å². The van der Waals surface area contributed by atoms with Gasteiger partial charge in [-0.2, -0.15) is 8.78 Å². The molecule has 7 heteroatoms. The Morgan fingerprint density at radius 2 is 1.89 bits per heavy atom. The average Bonchev–Trinajstić information content (AvgIpc) is 2.59. The quantitative estimate of drug-likeness (QED) is 0.872. The topological polar surface area (TPSA) is 62.4 Å². The predicted molar refractivity (Wildman–Crippen MR) is 100 cm³/mol. The SMILES string of the molecule is CC.Cc1cc(-c2ccc(OC(F)F)cc2C(=O)N2CC(C)C2)cc(=O)[nH]1. The van der Waals surface area contributed by atoms with E-state index in [2.05, 4.69) is 9.72 Å². The summed E-state index contributed by atoms with van der Waals surface area (Å²) in [5, 5.41) is 0. The number of ether oxygens (including phenoxy) is 1. The number of nitrogens with one attached hydrogen (secondary N) is 1. The Labute approximate surface area is 157 Å². The van der Waals surface area contributed by atoms with Crippen LogP contribution in [0.2, 0.25) is 0 Å². The Morgan fingerprint density at radius 3 is 2.44 bits per heavy atom. The summed E-state index contributed by atoms with van der Waals surface area (Å²) in [6.45, 7) is 6.03. The van der Waals surface area contributed by atoms with E-state index < -0.39 is 6.61 Å². The zero-order valence-electron chi connectivity index (χ0n) is 15.9. The zero-order chi connectivity index (χ0) is 20.1. The molecule has 2 aromatic rings. The molecule has 0 atom stereocenters. The number of likely N-dealkylation sites (tertiary alicyclic amines) is 1. The van der Waals surface area contributed by atoms with Crippen molar-refractivity contribution in [2.75, 3.05) is 13.1 Å². The molecule has 0 saturated carbocycles. The third-order valence-electron chi connectivity index (χ3n) is 4.09. The molecular formula is C20H24F2N2O3. The van der Waals surface area contributed by atoms with Crippen molar-refractivity contribution >= 4 is 5.91 Å². The maximum absolute atomic E-state index is 12.8. The lowest BCUT2D eigenvalue weighted by atomic mass is 9.95. The molecule has 2 heterocycles. The third kappa shape index (κ3) is 4.93. The van der Waals surface area contributed by atoms with Gasteiger partial charge in [-0.3, -0.25) is 9.59 Å². The first kappa shape index (κ1) is 20.6. The molecule has 0 aliphatic carbocycles. The second kappa shape index (κ2) is 8.79. The van der Waals surface area contributed by atoms with Gasteiger partial charge in [0.25, 0.3) is 5.91 Å². The highest BCUT2D eigenvalue weighted by molar-refractivity contribution is 6.01. The Morgan fingerprint density at radius 1 is 1.22 bits per heavy atom. The van der Waals surface area contributed by atoms with E-state index in [-0.39, 0.29) is 22.8 Å². The Kier molecular flexibility index (Phi) is 6.71. The van der Waals surface area contributed by atoms with E-state index in [0.717, 1.165) is 0 Å². The number of aromatic nitrogens is 1. The zero-order valence-corrected chi connectivity index (χ0v) is 15.9. The number of aryl methyl sites for hydroxylation is 1. The fourth-order valence-corrected chi connectivity index (χ4v) is 3.00. The van der Waals surface area contributed by atoms with Crippen LogP contribution in [0.15, 0.2) is 35.1 Å². The van der Waals surface area contributed by atoms with Crippen LogP contribution in [-0.4, -0.2) is 35.5 Å². The minimum absolute atomic E-state index is 0.0859. The molecule has 0 bridgehead atoms. The molecule has 1 aromatic heterocycles. The molecule has 0 unspecified atom stereocenters. The lowest BCUT2D eigenvalue weighted by Gasteiger charge is -2.37. The van der Waals surface area contributed by atoms with E-state index in [0.29, 0.717) is 35.8 Å². The molecule has 1 saturated heterocycles. The van der Waals surface area contributed by atoms with Crippen LogP contribution in [0, 0.1) is 12.8 Å². The van der Waals surface area contributed by atoms with Crippen LogP contribution < -0.4 is 10.3 Å². The van der Waals surface area contributed by atoms with Gasteiger partial charge in [-0.1, -0.05) is 20.8 Å². The first-order chi connectivity index (χ1) is 12.8. The maximum Gasteiger partial charge on any atom is 0.387 e. The van der Waals surface area contributed by atoms with Gasteiger partial charge in [0.1, 0.15) is 5.75 Å². The number of benzene rings is 1. The largest absolute Gasteiger partial charge is 0.435 e. The van der Waals surface area contributed by atoms with Crippen molar-refractivity contribution in [3.8, 4) is 16.9 Å². The van der Waals surface area contributed by atoms with Crippen LogP contribution in [0.1, 0.15) is 36.8 Å². The van der Waals surface area contributed by atoms with Crippen molar-refractivity contribution in [2.45, 2.75) is 34.3 Å². The van der Waals surface area contributed by atoms with Gasteiger partial charge in [0, 0.05) is 24.8 Å². The van der Waals surface area contributed by atoms with E-state index in [9.17, 15) is 18.4 Å². The fraction of sp³-hybridized carbons (Fsp3) is 0.400. The number of carbonyl (C=O) groups excluding carboxylic acids is 1. The van der Waals surface area contributed by atoms with Crippen molar-refractivity contribution in [3.05, 3.63) is 51.9 Å².